The van der Waals surface area contributed by atoms with Crippen molar-refractivity contribution in [3.05, 3.63) is 105 Å². The maximum atomic E-state index is 7.23. The zero-order valence-corrected chi connectivity index (χ0v) is 20.4. The van der Waals surface area contributed by atoms with Crippen molar-refractivity contribution < 1.29 is 4.74 Å². The number of anilines is 1. The lowest BCUT2D eigenvalue weighted by Crippen LogP contribution is -2.50. The minimum atomic E-state index is 0.0974. The topological polar surface area (TPSA) is 20.1 Å². The Morgan fingerprint density at radius 1 is 1.03 bits per heavy atom. The van der Waals surface area contributed by atoms with Crippen LogP contribution < -0.4 is 4.90 Å². The van der Waals surface area contributed by atoms with Gasteiger partial charge < -0.3 is 9.64 Å². The van der Waals surface area contributed by atoms with Gasteiger partial charge in [0.25, 0.3) is 0 Å². The average Bonchev–Trinajstić information content (AvgIpc) is 2.83. The van der Waals surface area contributed by atoms with E-state index in [-0.39, 0.29) is 12.1 Å². The Morgan fingerprint density at radius 3 is 2.39 bits per heavy atom. The maximum absolute atomic E-state index is 7.23. The highest BCUT2D eigenvalue weighted by Gasteiger charge is 2.33. The number of aryl methyl sites for hydroxylation is 1. The predicted octanol–water partition coefficient (Wildman–Crippen LogP) is 7.10. The van der Waals surface area contributed by atoms with Crippen LogP contribution in [0.25, 0.3) is 4.85 Å². The van der Waals surface area contributed by atoms with Crippen molar-refractivity contribution in [2.75, 3.05) is 38.3 Å². The van der Waals surface area contributed by atoms with Crippen LogP contribution in [0, 0.1) is 13.5 Å². The number of nitrogens with zero attached hydrogens (tertiary/aromatic N) is 3. The zero-order chi connectivity index (χ0) is 23.4. The summed E-state index contributed by atoms with van der Waals surface area (Å²) < 4.78 is 5.61. The molecule has 3 aromatic rings. The third-order valence-electron chi connectivity index (χ3n) is 6.25. The van der Waals surface area contributed by atoms with Gasteiger partial charge in [-0.1, -0.05) is 65.7 Å². The van der Waals surface area contributed by atoms with Crippen molar-refractivity contribution in [1.29, 1.82) is 0 Å². The van der Waals surface area contributed by atoms with Crippen LogP contribution in [-0.4, -0.2) is 38.3 Å². The number of hydrogen-bond donors (Lipinski definition) is 0. The van der Waals surface area contributed by atoms with Gasteiger partial charge in [-0.3, -0.25) is 4.90 Å². The van der Waals surface area contributed by atoms with E-state index >= 15 is 0 Å². The van der Waals surface area contributed by atoms with E-state index in [1.54, 1.807) is 7.11 Å². The van der Waals surface area contributed by atoms with Gasteiger partial charge in [-0.15, -0.1) is 0 Å². The van der Waals surface area contributed by atoms with Crippen molar-refractivity contribution >= 4 is 34.6 Å². The maximum Gasteiger partial charge on any atom is 0.187 e. The number of hydrogen-bond acceptors (Lipinski definition) is 3. The fourth-order valence-electron chi connectivity index (χ4n) is 4.53. The largest absolute Gasteiger partial charge is 0.383 e. The molecule has 4 rings (SSSR count). The highest BCUT2D eigenvalue weighted by atomic mass is 35.5. The lowest BCUT2D eigenvalue weighted by Gasteiger charge is -2.46. The molecular weight excluding hydrogens is 453 g/mol. The fourth-order valence-corrected chi connectivity index (χ4v) is 5.00. The van der Waals surface area contributed by atoms with Crippen LogP contribution >= 0.6 is 23.2 Å². The van der Waals surface area contributed by atoms with Gasteiger partial charge in [0.2, 0.25) is 0 Å². The lowest BCUT2D eigenvalue weighted by molar-refractivity contribution is 0.0758. The van der Waals surface area contributed by atoms with Gasteiger partial charge >= 0.3 is 0 Å². The SMILES string of the molecule is [C-]#[N+]c1ccc([C@H](COC)N2CCN(c3ccc(C)cc3Cl)[C@H](c3ccc(Cl)cc3)C2)cc1. The molecule has 0 aliphatic carbocycles. The summed E-state index contributed by atoms with van der Waals surface area (Å²) in [7, 11) is 1.74. The monoisotopic (exact) mass is 479 g/mol. The van der Waals surface area contributed by atoms with Gasteiger partial charge in [0.15, 0.2) is 5.69 Å². The van der Waals surface area contributed by atoms with Crippen molar-refractivity contribution in [2.45, 2.75) is 19.0 Å². The van der Waals surface area contributed by atoms with Crippen LogP contribution in [0.3, 0.4) is 0 Å². The molecule has 1 fully saturated rings. The zero-order valence-electron chi connectivity index (χ0n) is 18.8. The smallest absolute Gasteiger partial charge is 0.187 e. The molecule has 4 nitrogen and oxygen atoms in total. The Bertz CT molecular complexity index is 1130. The first kappa shape index (κ1) is 23.6. The molecule has 0 aromatic heterocycles. The first-order valence-electron chi connectivity index (χ1n) is 11.0. The van der Waals surface area contributed by atoms with Gasteiger partial charge in [0.1, 0.15) is 0 Å². The van der Waals surface area contributed by atoms with Crippen molar-refractivity contribution in [2.24, 2.45) is 0 Å². The van der Waals surface area contributed by atoms with E-state index in [4.69, 9.17) is 34.5 Å². The Balaban J connectivity index is 1.68. The van der Waals surface area contributed by atoms with Gasteiger partial charge in [0.05, 0.1) is 36.0 Å². The number of methoxy groups -OCH3 is 1. The van der Waals surface area contributed by atoms with Crippen LogP contribution in [0.4, 0.5) is 11.4 Å². The van der Waals surface area contributed by atoms with E-state index in [9.17, 15) is 0 Å². The molecule has 0 N–H and O–H groups in total. The summed E-state index contributed by atoms with van der Waals surface area (Å²) in [5, 5.41) is 1.49. The second-order valence-electron chi connectivity index (χ2n) is 8.39. The second-order valence-corrected chi connectivity index (χ2v) is 9.23. The van der Waals surface area contributed by atoms with Crippen molar-refractivity contribution in [1.82, 2.24) is 4.90 Å². The second kappa shape index (κ2) is 10.6. The molecule has 0 spiro atoms. The molecule has 0 unspecified atom stereocenters. The van der Waals surface area contributed by atoms with E-state index in [2.05, 4.69) is 45.8 Å². The summed E-state index contributed by atoms with van der Waals surface area (Å²) >= 11 is 12.9. The molecule has 1 heterocycles. The molecule has 0 radical (unpaired) electrons. The van der Waals surface area contributed by atoms with E-state index in [0.29, 0.717) is 12.3 Å². The van der Waals surface area contributed by atoms with Crippen LogP contribution in [0.15, 0.2) is 66.7 Å². The molecule has 6 heteroatoms. The summed E-state index contributed by atoms with van der Waals surface area (Å²) in [6.45, 7) is 12.4. The van der Waals surface area contributed by atoms with Gasteiger partial charge in [-0.2, -0.15) is 0 Å². The first-order chi connectivity index (χ1) is 16.0. The number of ether oxygens (including phenoxy) is 1. The summed E-state index contributed by atoms with van der Waals surface area (Å²) in [4.78, 5) is 8.38. The Hall–Kier alpha value is -2.55. The van der Waals surface area contributed by atoms with Crippen LogP contribution in [-0.2, 0) is 4.74 Å². The quantitative estimate of drug-likeness (QED) is 0.351. The third-order valence-corrected chi connectivity index (χ3v) is 6.81. The summed E-state index contributed by atoms with van der Waals surface area (Å²) in [5.41, 5.74) is 5.19. The molecule has 0 saturated carbocycles. The molecule has 1 saturated heterocycles. The molecular formula is C27H27Cl2N3O. The predicted molar refractivity (Wildman–Crippen MR) is 137 cm³/mol. The van der Waals surface area contributed by atoms with Gasteiger partial charge in [-0.05, 0) is 47.9 Å². The fraction of sp³-hybridized carbons (Fsp3) is 0.296. The van der Waals surface area contributed by atoms with Gasteiger partial charge in [0, 0.05) is 31.8 Å². The van der Waals surface area contributed by atoms with E-state index in [1.165, 1.54) is 5.56 Å². The molecule has 1 aliphatic heterocycles. The Labute approximate surface area is 206 Å². The van der Waals surface area contributed by atoms with E-state index in [0.717, 1.165) is 46.5 Å². The van der Waals surface area contributed by atoms with Crippen LogP contribution in [0.5, 0.6) is 0 Å². The van der Waals surface area contributed by atoms with Crippen molar-refractivity contribution in [3.63, 3.8) is 0 Å². The normalized spacial score (nSPS) is 17.5. The molecule has 0 amide bonds. The third kappa shape index (κ3) is 5.34. The summed E-state index contributed by atoms with van der Waals surface area (Å²) in [5.74, 6) is 0. The summed E-state index contributed by atoms with van der Waals surface area (Å²) in [6, 6.07) is 22.4. The lowest BCUT2D eigenvalue weighted by atomic mass is 9.97. The molecule has 3 aromatic carbocycles. The number of halogens is 2. The molecule has 33 heavy (non-hydrogen) atoms. The Kier molecular flexibility index (Phi) is 7.57. The first-order valence-corrected chi connectivity index (χ1v) is 11.7. The van der Waals surface area contributed by atoms with Gasteiger partial charge in [-0.25, -0.2) is 4.85 Å². The Morgan fingerprint density at radius 2 is 1.76 bits per heavy atom. The minimum Gasteiger partial charge on any atom is -0.383 e. The molecule has 1 aliphatic rings. The summed E-state index contributed by atoms with van der Waals surface area (Å²) in [6.07, 6.45) is 0. The minimum absolute atomic E-state index is 0.0974. The molecule has 0 bridgehead atoms. The van der Waals surface area contributed by atoms with E-state index in [1.807, 2.05) is 42.5 Å². The standard InChI is InChI=1S/C27H27Cl2N3O/c1-19-4-13-25(24(29)16-19)32-15-14-31(17-26(32)20-5-9-22(28)10-6-20)27(18-33-3)21-7-11-23(30-2)12-8-21/h4-13,16,26-27H,14-15,17-18H2,1,3H3/t26-,27-/m0/s1. The van der Waals surface area contributed by atoms with Crippen molar-refractivity contribution in [3.8, 4) is 0 Å². The number of benzene rings is 3. The average molecular weight is 480 g/mol. The highest BCUT2D eigenvalue weighted by Crippen LogP contribution is 2.38. The number of piperazine rings is 1. The highest BCUT2D eigenvalue weighted by molar-refractivity contribution is 6.33. The van der Waals surface area contributed by atoms with Crippen LogP contribution in [0.1, 0.15) is 28.8 Å². The molecule has 170 valence electrons. The van der Waals surface area contributed by atoms with E-state index < -0.39 is 0 Å². The molecule has 2 atom stereocenters. The number of rotatable bonds is 6. The van der Waals surface area contributed by atoms with Crippen LogP contribution in [0.2, 0.25) is 10.0 Å².